The quantitative estimate of drug-likeness (QED) is 0.844. The Morgan fingerprint density at radius 2 is 1.72 bits per heavy atom. The zero-order valence-corrected chi connectivity index (χ0v) is 12.0. The van der Waals surface area contributed by atoms with Gasteiger partial charge in [0.25, 0.3) is 0 Å². The lowest BCUT2D eigenvalue weighted by molar-refractivity contribution is -0.113. The summed E-state index contributed by atoms with van der Waals surface area (Å²) >= 11 is 5.39. The first kappa shape index (κ1) is 15.1. The molecule has 1 unspecified atom stereocenters. The van der Waals surface area contributed by atoms with E-state index in [1.807, 2.05) is 6.92 Å². The van der Waals surface area contributed by atoms with Crippen LogP contribution in [-0.4, -0.2) is 19.7 Å². The van der Waals surface area contributed by atoms with Gasteiger partial charge in [-0.2, -0.15) is 4.72 Å². The van der Waals surface area contributed by atoms with Gasteiger partial charge in [0.1, 0.15) is 0 Å². The van der Waals surface area contributed by atoms with Gasteiger partial charge in [0.15, 0.2) is 0 Å². The minimum Gasteiger partial charge on any atom is -0.279 e. The fourth-order valence-corrected chi connectivity index (χ4v) is 3.11. The Labute approximate surface area is 112 Å². The highest BCUT2D eigenvalue weighted by Gasteiger charge is 2.26. The van der Waals surface area contributed by atoms with Crippen LogP contribution in [0.1, 0.15) is 19.4 Å². The smallest absolute Gasteiger partial charge is 0.241 e. The molecule has 0 aliphatic carbocycles. The standard InChI is InChI=1S/C12H16ClNO3S/c1-8(2)11(12(13)15)14-18(16,17)10-6-4-9(3)5-7-10/h4-8,11,14H,1-3H3. The number of benzene rings is 1. The molecule has 0 fully saturated rings. The molecule has 0 aromatic heterocycles. The van der Waals surface area contributed by atoms with Crippen molar-refractivity contribution < 1.29 is 13.2 Å². The molecule has 100 valence electrons. The molecule has 6 heteroatoms. The van der Waals surface area contributed by atoms with Crippen molar-refractivity contribution in [2.45, 2.75) is 31.7 Å². The first-order chi connectivity index (χ1) is 8.24. The van der Waals surface area contributed by atoms with Gasteiger partial charge in [-0.3, -0.25) is 4.79 Å². The van der Waals surface area contributed by atoms with Gasteiger partial charge in [0, 0.05) is 0 Å². The second kappa shape index (κ2) is 5.82. The van der Waals surface area contributed by atoms with Crippen molar-refractivity contribution in [3.05, 3.63) is 29.8 Å². The zero-order valence-electron chi connectivity index (χ0n) is 10.5. The van der Waals surface area contributed by atoms with Crippen LogP contribution in [0.15, 0.2) is 29.2 Å². The topological polar surface area (TPSA) is 63.2 Å². The number of carbonyl (C=O) groups is 1. The van der Waals surface area contributed by atoms with Gasteiger partial charge in [-0.25, -0.2) is 8.42 Å². The van der Waals surface area contributed by atoms with Gasteiger partial charge in [0.05, 0.1) is 10.9 Å². The van der Waals surface area contributed by atoms with Crippen LogP contribution in [0, 0.1) is 12.8 Å². The molecule has 0 heterocycles. The Balaban J connectivity index is 3.01. The number of rotatable bonds is 5. The lowest BCUT2D eigenvalue weighted by Gasteiger charge is -2.18. The average Bonchev–Trinajstić information content (AvgIpc) is 2.26. The number of hydrogen-bond acceptors (Lipinski definition) is 3. The normalized spacial score (nSPS) is 13.6. The summed E-state index contributed by atoms with van der Waals surface area (Å²) in [5.74, 6) is -0.213. The van der Waals surface area contributed by atoms with Crippen molar-refractivity contribution in [1.29, 1.82) is 0 Å². The molecule has 18 heavy (non-hydrogen) atoms. The molecule has 1 aromatic rings. The third-order valence-electron chi connectivity index (χ3n) is 2.52. The van der Waals surface area contributed by atoms with Gasteiger partial charge >= 0.3 is 0 Å². The largest absolute Gasteiger partial charge is 0.279 e. The van der Waals surface area contributed by atoms with Crippen LogP contribution in [0.3, 0.4) is 0 Å². The second-order valence-corrected chi connectivity index (χ2v) is 6.55. The third kappa shape index (κ3) is 3.80. The molecule has 0 saturated heterocycles. The fourth-order valence-electron chi connectivity index (χ4n) is 1.40. The Morgan fingerprint density at radius 3 is 2.11 bits per heavy atom. The van der Waals surface area contributed by atoms with E-state index >= 15 is 0 Å². The maximum atomic E-state index is 12.0. The third-order valence-corrected chi connectivity index (χ3v) is 4.22. The molecular weight excluding hydrogens is 274 g/mol. The number of nitrogens with one attached hydrogen (secondary N) is 1. The molecule has 1 aromatic carbocycles. The number of hydrogen-bond donors (Lipinski definition) is 1. The molecule has 0 bridgehead atoms. The summed E-state index contributed by atoms with van der Waals surface area (Å²) in [7, 11) is -3.72. The second-order valence-electron chi connectivity index (χ2n) is 4.46. The molecule has 1 rings (SSSR count). The summed E-state index contributed by atoms with van der Waals surface area (Å²) in [5.41, 5.74) is 0.961. The van der Waals surface area contributed by atoms with E-state index in [0.29, 0.717) is 0 Å². The highest BCUT2D eigenvalue weighted by molar-refractivity contribution is 7.89. The van der Waals surface area contributed by atoms with Crippen molar-refractivity contribution >= 4 is 26.9 Å². The number of halogens is 1. The van der Waals surface area contributed by atoms with E-state index in [2.05, 4.69) is 4.72 Å². The zero-order chi connectivity index (χ0) is 13.9. The lowest BCUT2D eigenvalue weighted by atomic mass is 10.1. The summed E-state index contributed by atoms with van der Waals surface area (Å²) in [6.07, 6.45) is 0. The average molecular weight is 290 g/mol. The SMILES string of the molecule is Cc1ccc(S(=O)(=O)NC(C(=O)Cl)C(C)C)cc1. The summed E-state index contributed by atoms with van der Waals surface area (Å²) in [6.45, 7) is 5.31. The van der Waals surface area contributed by atoms with Crippen LogP contribution in [0.2, 0.25) is 0 Å². The first-order valence-electron chi connectivity index (χ1n) is 5.52. The van der Waals surface area contributed by atoms with Crippen LogP contribution in [0.4, 0.5) is 0 Å². The molecule has 4 nitrogen and oxygen atoms in total. The summed E-state index contributed by atoms with van der Waals surface area (Å²) < 4.78 is 26.4. The van der Waals surface area contributed by atoms with E-state index in [9.17, 15) is 13.2 Å². The Hall–Kier alpha value is -0.910. The molecule has 0 amide bonds. The fraction of sp³-hybridized carbons (Fsp3) is 0.417. The molecule has 1 N–H and O–H groups in total. The van der Waals surface area contributed by atoms with E-state index in [0.717, 1.165) is 5.56 Å². The molecule has 0 radical (unpaired) electrons. The van der Waals surface area contributed by atoms with Crippen LogP contribution < -0.4 is 4.72 Å². The Morgan fingerprint density at radius 1 is 1.22 bits per heavy atom. The van der Waals surface area contributed by atoms with Crippen LogP contribution in [0.25, 0.3) is 0 Å². The summed E-state index contributed by atoms with van der Waals surface area (Å²) in [6, 6.07) is 5.46. The van der Waals surface area contributed by atoms with Gasteiger partial charge < -0.3 is 0 Å². The molecule has 0 aliphatic heterocycles. The Kier molecular flexibility index (Phi) is 4.90. The molecule has 1 atom stereocenters. The van der Waals surface area contributed by atoms with Gasteiger partial charge in [-0.05, 0) is 36.6 Å². The van der Waals surface area contributed by atoms with Crippen molar-refractivity contribution in [3.8, 4) is 0 Å². The van der Waals surface area contributed by atoms with E-state index in [-0.39, 0.29) is 10.8 Å². The van der Waals surface area contributed by atoms with E-state index < -0.39 is 21.3 Å². The van der Waals surface area contributed by atoms with Gasteiger partial charge in [-0.15, -0.1) is 0 Å². The summed E-state index contributed by atoms with van der Waals surface area (Å²) in [5, 5.41) is -0.708. The Bertz CT molecular complexity index is 523. The predicted octanol–water partition coefficient (Wildman–Crippen LogP) is 2.06. The molecule has 0 spiro atoms. The van der Waals surface area contributed by atoms with E-state index in [1.165, 1.54) is 12.1 Å². The van der Waals surface area contributed by atoms with E-state index in [1.54, 1.807) is 26.0 Å². The molecular formula is C12H16ClNO3S. The molecule has 0 saturated carbocycles. The summed E-state index contributed by atoms with van der Waals surface area (Å²) in [4.78, 5) is 11.3. The van der Waals surface area contributed by atoms with Crippen molar-refractivity contribution in [1.82, 2.24) is 4.72 Å². The van der Waals surface area contributed by atoms with Crippen molar-refractivity contribution in [3.63, 3.8) is 0 Å². The minimum atomic E-state index is -3.72. The maximum absolute atomic E-state index is 12.0. The van der Waals surface area contributed by atoms with Crippen molar-refractivity contribution in [2.24, 2.45) is 5.92 Å². The van der Waals surface area contributed by atoms with Crippen LogP contribution in [-0.2, 0) is 14.8 Å². The first-order valence-corrected chi connectivity index (χ1v) is 7.38. The van der Waals surface area contributed by atoms with Gasteiger partial charge in [-0.1, -0.05) is 31.5 Å². The highest BCUT2D eigenvalue weighted by Crippen LogP contribution is 2.14. The number of aryl methyl sites for hydroxylation is 1. The maximum Gasteiger partial charge on any atom is 0.241 e. The van der Waals surface area contributed by atoms with Crippen LogP contribution >= 0.6 is 11.6 Å². The lowest BCUT2D eigenvalue weighted by Crippen LogP contribution is -2.42. The minimum absolute atomic E-state index is 0.122. The van der Waals surface area contributed by atoms with Crippen molar-refractivity contribution in [2.75, 3.05) is 0 Å². The van der Waals surface area contributed by atoms with Gasteiger partial charge in [0.2, 0.25) is 15.3 Å². The highest BCUT2D eigenvalue weighted by atomic mass is 35.5. The molecule has 0 aliphatic rings. The number of carbonyl (C=O) groups excluding carboxylic acids is 1. The van der Waals surface area contributed by atoms with E-state index in [4.69, 9.17) is 11.6 Å². The number of sulfonamides is 1. The van der Waals surface area contributed by atoms with Crippen LogP contribution in [0.5, 0.6) is 0 Å². The predicted molar refractivity (Wildman–Crippen MR) is 71.0 cm³/mol. The monoisotopic (exact) mass is 289 g/mol.